The van der Waals surface area contributed by atoms with Gasteiger partial charge < -0.3 is 0 Å². The van der Waals surface area contributed by atoms with Crippen LogP contribution < -0.4 is 0 Å². The smallest absolute Gasteiger partial charge is 0.0713 e. The normalized spacial score (nSPS) is 12.9. The molecule has 0 fully saturated rings. The minimum Gasteiger partial charge on any atom is -0.256 e. The van der Waals surface area contributed by atoms with Gasteiger partial charge in [-0.05, 0) is 96.7 Å². The van der Waals surface area contributed by atoms with Crippen molar-refractivity contribution >= 4 is 10.8 Å². The minimum absolute atomic E-state index is 0.459. The van der Waals surface area contributed by atoms with E-state index in [1.807, 2.05) is 18.3 Å². The molecular weight excluding hydrogens is 567 g/mol. The first-order valence-corrected chi connectivity index (χ1v) is 16.2. The van der Waals surface area contributed by atoms with E-state index < -0.39 is 5.41 Å². The van der Waals surface area contributed by atoms with Crippen LogP contribution in [0.25, 0.3) is 55.4 Å². The largest absolute Gasteiger partial charge is 0.256 e. The summed E-state index contributed by atoms with van der Waals surface area (Å²) < 4.78 is 0. The lowest BCUT2D eigenvalue weighted by Crippen LogP contribution is -2.28. The molecule has 1 heteroatoms. The molecule has 1 nitrogen and oxygen atoms in total. The van der Waals surface area contributed by atoms with Crippen molar-refractivity contribution in [1.82, 2.24) is 4.98 Å². The van der Waals surface area contributed by atoms with Crippen molar-refractivity contribution in [3.05, 3.63) is 210 Å². The summed E-state index contributed by atoms with van der Waals surface area (Å²) in [6.45, 7) is 0. The molecule has 8 aromatic rings. The van der Waals surface area contributed by atoms with Gasteiger partial charge in [0.15, 0.2) is 0 Å². The summed E-state index contributed by atoms with van der Waals surface area (Å²) >= 11 is 0. The number of hydrogen-bond acceptors (Lipinski definition) is 1. The Bertz CT molecular complexity index is 2330. The number of nitrogens with zero attached hydrogens (tertiary/aromatic N) is 1. The Hall–Kier alpha value is -6.05. The van der Waals surface area contributed by atoms with Gasteiger partial charge in [0.05, 0.1) is 11.1 Å². The molecule has 0 bridgehead atoms. The standard InChI is InChI=1S/C46H31N/c1-3-15-37(16-4-1)46(38-17-5-2-6-18-38)43-20-10-9-19-39(43)42-30-40(36-27-22-32-13-7-8-14-35(32)29-36)41(31-44(42)46)33-23-25-34(26-24-33)45-21-11-12-28-47-45/h1-31H. The average molecular weight is 598 g/mol. The minimum atomic E-state index is -0.459. The van der Waals surface area contributed by atoms with E-state index in [0.29, 0.717) is 0 Å². The molecule has 0 spiro atoms. The molecule has 0 aliphatic heterocycles. The number of benzene rings is 7. The summed E-state index contributed by atoms with van der Waals surface area (Å²) in [5, 5.41) is 2.49. The molecule has 0 radical (unpaired) electrons. The van der Waals surface area contributed by atoms with Crippen molar-refractivity contribution in [2.24, 2.45) is 0 Å². The second-order valence-electron chi connectivity index (χ2n) is 12.3. The van der Waals surface area contributed by atoms with Crippen LogP contribution in [0.3, 0.4) is 0 Å². The monoisotopic (exact) mass is 597 g/mol. The van der Waals surface area contributed by atoms with Crippen molar-refractivity contribution in [2.75, 3.05) is 0 Å². The molecule has 0 N–H and O–H groups in total. The van der Waals surface area contributed by atoms with Gasteiger partial charge in [0.2, 0.25) is 0 Å². The van der Waals surface area contributed by atoms with E-state index in [0.717, 1.165) is 11.3 Å². The summed E-state index contributed by atoms with van der Waals surface area (Å²) in [7, 11) is 0. The molecule has 0 unspecified atom stereocenters. The van der Waals surface area contributed by atoms with Crippen LogP contribution in [0.15, 0.2) is 188 Å². The maximum atomic E-state index is 4.60. The topological polar surface area (TPSA) is 12.9 Å². The zero-order valence-electron chi connectivity index (χ0n) is 25.8. The molecule has 0 saturated heterocycles. The Morgan fingerprint density at radius 1 is 0.340 bits per heavy atom. The van der Waals surface area contributed by atoms with Gasteiger partial charge >= 0.3 is 0 Å². The Kier molecular flexibility index (Phi) is 6.43. The fourth-order valence-corrected chi connectivity index (χ4v) is 7.68. The Balaban J connectivity index is 1.36. The Morgan fingerprint density at radius 3 is 1.66 bits per heavy atom. The van der Waals surface area contributed by atoms with E-state index in [-0.39, 0.29) is 0 Å². The lowest BCUT2D eigenvalue weighted by Gasteiger charge is -2.34. The zero-order chi connectivity index (χ0) is 31.2. The third-order valence-corrected chi connectivity index (χ3v) is 9.81. The summed E-state index contributed by atoms with van der Waals surface area (Å²) in [5.41, 5.74) is 14.2. The zero-order valence-corrected chi connectivity index (χ0v) is 25.8. The van der Waals surface area contributed by atoms with Crippen LogP contribution in [0.5, 0.6) is 0 Å². The fraction of sp³-hybridized carbons (Fsp3) is 0.0217. The highest BCUT2D eigenvalue weighted by Gasteiger charge is 2.46. The summed E-state index contributed by atoms with van der Waals surface area (Å²) in [6, 6.07) is 66.4. The van der Waals surface area contributed by atoms with Crippen molar-refractivity contribution in [2.45, 2.75) is 5.41 Å². The van der Waals surface area contributed by atoms with Crippen LogP contribution in [0.4, 0.5) is 0 Å². The molecule has 0 amide bonds. The molecule has 0 saturated carbocycles. The summed E-state index contributed by atoms with van der Waals surface area (Å²) in [6.07, 6.45) is 1.85. The van der Waals surface area contributed by atoms with Crippen LogP contribution in [-0.2, 0) is 5.41 Å². The molecule has 7 aromatic carbocycles. The number of aromatic nitrogens is 1. The first kappa shape index (κ1) is 27.3. The highest BCUT2D eigenvalue weighted by atomic mass is 14.7. The highest BCUT2D eigenvalue weighted by Crippen LogP contribution is 2.58. The predicted octanol–water partition coefficient (Wildman–Crippen LogP) is 11.6. The van der Waals surface area contributed by atoms with Gasteiger partial charge in [0.25, 0.3) is 0 Å². The number of pyridine rings is 1. The molecule has 220 valence electrons. The number of hydrogen-bond donors (Lipinski definition) is 0. The van der Waals surface area contributed by atoms with Crippen molar-refractivity contribution < 1.29 is 0 Å². The van der Waals surface area contributed by atoms with Gasteiger partial charge in [-0.15, -0.1) is 0 Å². The van der Waals surface area contributed by atoms with Crippen LogP contribution in [0, 0.1) is 0 Å². The lowest BCUT2D eigenvalue weighted by atomic mass is 9.67. The second kappa shape index (κ2) is 11.1. The molecule has 1 aromatic heterocycles. The van der Waals surface area contributed by atoms with Crippen molar-refractivity contribution in [1.29, 1.82) is 0 Å². The lowest BCUT2D eigenvalue weighted by molar-refractivity contribution is 0.769. The quantitative estimate of drug-likeness (QED) is 0.192. The highest BCUT2D eigenvalue weighted by molar-refractivity contribution is 5.97. The van der Waals surface area contributed by atoms with Gasteiger partial charge in [-0.1, -0.05) is 152 Å². The Morgan fingerprint density at radius 2 is 0.936 bits per heavy atom. The van der Waals surface area contributed by atoms with Gasteiger partial charge in [0.1, 0.15) is 0 Å². The molecular formula is C46H31N. The molecule has 1 aliphatic carbocycles. The van der Waals surface area contributed by atoms with E-state index in [9.17, 15) is 0 Å². The summed E-state index contributed by atoms with van der Waals surface area (Å²) in [4.78, 5) is 4.60. The maximum Gasteiger partial charge on any atom is 0.0713 e. The van der Waals surface area contributed by atoms with E-state index in [1.54, 1.807) is 0 Å². The molecule has 1 aliphatic rings. The molecule has 47 heavy (non-hydrogen) atoms. The number of rotatable bonds is 5. The van der Waals surface area contributed by atoms with Crippen LogP contribution in [-0.4, -0.2) is 4.98 Å². The van der Waals surface area contributed by atoms with Gasteiger partial charge in [-0.3, -0.25) is 4.98 Å². The van der Waals surface area contributed by atoms with Crippen molar-refractivity contribution in [3.8, 4) is 44.6 Å². The first-order chi connectivity index (χ1) is 23.3. The number of fused-ring (bicyclic) bond motifs is 4. The third-order valence-electron chi connectivity index (χ3n) is 9.81. The van der Waals surface area contributed by atoms with E-state index in [4.69, 9.17) is 0 Å². The SMILES string of the molecule is c1ccc(C2(c3ccccc3)c3ccccc3-c3cc(-c4ccc5ccccc5c4)c(-c4ccc(-c5ccccn5)cc4)cc32)cc1. The summed E-state index contributed by atoms with van der Waals surface area (Å²) in [5.74, 6) is 0. The Labute approximate surface area is 275 Å². The van der Waals surface area contributed by atoms with E-state index >= 15 is 0 Å². The first-order valence-electron chi connectivity index (χ1n) is 16.2. The molecule has 9 rings (SSSR count). The molecule has 0 atom stereocenters. The van der Waals surface area contributed by atoms with Gasteiger partial charge in [-0.25, -0.2) is 0 Å². The van der Waals surface area contributed by atoms with Gasteiger partial charge in [-0.2, -0.15) is 0 Å². The predicted molar refractivity (Wildman–Crippen MR) is 195 cm³/mol. The van der Waals surface area contributed by atoms with Crippen LogP contribution in [0.1, 0.15) is 22.3 Å². The molecule has 1 heterocycles. The van der Waals surface area contributed by atoms with Crippen LogP contribution in [0.2, 0.25) is 0 Å². The van der Waals surface area contributed by atoms with Gasteiger partial charge in [0, 0.05) is 11.8 Å². The second-order valence-corrected chi connectivity index (χ2v) is 12.3. The average Bonchev–Trinajstić information content (AvgIpc) is 3.45. The maximum absolute atomic E-state index is 4.60. The van der Waals surface area contributed by atoms with Crippen LogP contribution >= 0.6 is 0 Å². The third kappa shape index (κ3) is 4.35. The van der Waals surface area contributed by atoms with Crippen molar-refractivity contribution in [3.63, 3.8) is 0 Å². The van der Waals surface area contributed by atoms with E-state index in [1.165, 1.54) is 66.4 Å². The van der Waals surface area contributed by atoms with E-state index in [2.05, 4.69) is 175 Å². The fourth-order valence-electron chi connectivity index (χ4n) is 7.68.